The SMILES string of the molecule is COc1ccc(/N=N/c2c(-c3ccccc3)nn3c2Nc2ccccc2S3(=O)=O)c(C)c1. The first-order chi connectivity index (χ1) is 15.5. The van der Waals surface area contributed by atoms with Crippen molar-refractivity contribution in [3.05, 3.63) is 78.4 Å². The second-order valence-corrected chi connectivity index (χ2v) is 8.97. The summed E-state index contributed by atoms with van der Waals surface area (Å²) in [7, 11) is -2.28. The molecule has 8 nitrogen and oxygen atoms in total. The zero-order valence-corrected chi connectivity index (χ0v) is 18.2. The first kappa shape index (κ1) is 20.0. The molecule has 0 radical (unpaired) electrons. The lowest BCUT2D eigenvalue weighted by molar-refractivity contribution is 0.414. The topological polar surface area (TPSA) is 97.9 Å². The number of azo groups is 1. The molecule has 3 aromatic carbocycles. The molecular formula is C23H19N5O3S. The van der Waals surface area contributed by atoms with Gasteiger partial charge in [0.25, 0.3) is 10.0 Å². The Labute approximate surface area is 185 Å². The van der Waals surface area contributed by atoms with Crippen molar-refractivity contribution in [3.63, 3.8) is 0 Å². The van der Waals surface area contributed by atoms with Crippen LogP contribution in [0.2, 0.25) is 0 Å². The molecule has 0 aliphatic carbocycles. The molecule has 1 N–H and O–H groups in total. The van der Waals surface area contributed by atoms with E-state index in [9.17, 15) is 8.42 Å². The molecule has 9 heteroatoms. The summed E-state index contributed by atoms with van der Waals surface area (Å²) in [5, 5.41) is 16.5. The first-order valence-corrected chi connectivity index (χ1v) is 11.3. The van der Waals surface area contributed by atoms with Gasteiger partial charge in [0.15, 0.2) is 11.5 Å². The number of aromatic nitrogens is 2. The Kier molecular flexibility index (Phi) is 4.75. The van der Waals surface area contributed by atoms with Crippen LogP contribution in [0.15, 0.2) is 87.9 Å². The third kappa shape index (κ3) is 3.23. The highest BCUT2D eigenvalue weighted by Gasteiger charge is 2.34. The summed E-state index contributed by atoms with van der Waals surface area (Å²) >= 11 is 0. The Bertz CT molecular complexity index is 1460. The van der Waals surface area contributed by atoms with Gasteiger partial charge in [0.2, 0.25) is 0 Å². The predicted octanol–water partition coefficient (Wildman–Crippen LogP) is 5.58. The smallest absolute Gasteiger partial charge is 0.287 e. The van der Waals surface area contributed by atoms with Gasteiger partial charge >= 0.3 is 0 Å². The van der Waals surface area contributed by atoms with Crippen LogP contribution < -0.4 is 10.1 Å². The number of benzene rings is 3. The van der Waals surface area contributed by atoms with Crippen LogP contribution >= 0.6 is 0 Å². The van der Waals surface area contributed by atoms with Gasteiger partial charge in [-0.25, -0.2) is 0 Å². The van der Waals surface area contributed by atoms with Crippen LogP contribution in [0, 0.1) is 6.92 Å². The van der Waals surface area contributed by atoms with Gasteiger partial charge in [0.1, 0.15) is 16.3 Å². The van der Waals surface area contributed by atoms with Crippen LogP contribution in [0.25, 0.3) is 11.3 Å². The monoisotopic (exact) mass is 445 g/mol. The normalized spacial score (nSPS) is 13.9. The van der Waals surface area contributed by atoms with E-state index in [2.05, 4.69) is 20.6 Å². The number of nitrogens with zero attached hydrogens (tertiary/aromatic N) is 4. The minimum atomic E-state index is -3.89. The molecule has 32 heavy (non-hydrogen) atoms. The van der Waals surface area contributed by atoms with Crippen molar-refractivity contribution < 1.29 is 13.2 Å². The van der Waals surface area contributed by atoms with Crippen LogP contribution in [-0.2, 0) is 10.0 Å². The summed E-state index contributed by atoms with van der Waals surface area (Å²) < 4.78 is 32.8. The molecule has 0 saturated carbocycles. The summed E-state index contributed by atoms with van der Waals surface area (Å²) in [5.41, 5.74) is 3.47. The molecule has 1 aromatic heterocycles. The Morgan fingerprint density at radius 2 is 1.72 bits per heavy atom. The standard InChI is InChI=1S/C23H19N5O3S/c1-15-14-17(31-2)12-13-18(15)25-26-22-21(16-8-4-3-5-9-16)27-28-23(22)24-19-10-6-7-11-20(19)32(28,29)30/h3-14,24H,1-2H3/b26-25+. The van der Waals surface area contributed by atoms with Gasteiger partial charge in [0, 0.05) is 5.56 Å². The quantitative estimate of drug-likeness (QED) is 0.364. The van der Waals surface area contributed by atoms with E-state index in [0.717, 1.165) is 21.0 Å². The third-order valence-electron chi connectivity index (χ3n) is 5.19. The number of aryl methyl sites for hydroxylation is 1. The molecule has 5 rings (SSSR count). The average molecular weight is 446 g/mol. The Balaban J connectivity index is 1.70. The maximum atomic E-state index is 13.3. The van der Waals surface area contributed by atoms with Crippen molar-refractivity contribution in [3.8, 4) is 17.0 Å². The van der Waals surface area contributed by atoms with Crippen LogP contribution in [0.1, 0.15) is 5.56 Å². The Hall–Kier alpha value is -3.98. The van der Waals surface area contributed by atoms with Crippen LogP contribution in [0.4, 0.5) is 22.9 Å². The minimum absolute atomic E-state index is 0.157. The maximum Gasteiger partial charge on any atom is 0.287 e. The molecule has 2 heterocycles. The van der Waals surface area contributed by atoms with Gasteiger partial charge in [-0.05, 0) is 42.8 Å². The molecule has 0 spiro atoms. The number of anilines is 2. The number of hydrogen-bond acceptors (Lipinski definition) is 7. The van der Waals surface area contributed by atoms with Crippen molar-refractivity contribution in [1.29, 1.82) is 0 Å². The fourth-order valence-electron chi connectivity index (χ4n) is 3.54. The molecule has 0 bridgehead atoms. The zero-order valence-electron chi connectivity index (χ0n) is 17.4. The van der Waals surface area contributed by atoms with Crippen LogP contribution in [0.5, 0.6) is 5.75 Å². The second kappa shape index (κ2) is 7.61. The molecule has 1 aliphatic rings. The molecule has 0 atom stereocenters. The zero-order chi connectivity index (χ0) is 22.3. The highest BCUT2D eigenvalue weighted by atomic mass is 32.2. The third-order valence-corrected chi connectivity index (χ3v) is 6.82. The second-order valence-electron chi connectivity index (χ2n) is 7.23. The number of methoxy groups -OCH3 is 1. The molecule has 160 valence electrons. The largest absolute Gasteiger partial charge is 0.497 e. The van der Waals surface area contributed by atoms with E-state index < -0.39 is 10.0 Å². The highest BCUT2D eigenvalue weighted by Crippen LogP contribution is 2.44. The molecule has 0 saturated heterocycles. The van der Waals surface area contributed by atoms with E-state index in [0.29, 0.717) is 22.8 Å². The first-order valence-electron chi connectivity index (χ1n) is 9.85. The Morgan fingerprint density at radius 3 is 2.47 bits per heavy atom. The number of para-hydroxylation sites is 1. The molecule has 0 amide bonds. The number of hydrogen-bond donors (Lipinski definition) is 1. The van der Waals surface area contributed by atoms with Crippen molar-refractivity contribution in [2.24, 2.45) is 10.2 Å². The van der Waals surface area contributed by atoms with E-state index in [4.69, 9.17) is 4.74 Å². The van der Waals surface area contributed by atoms with Crippen molar-refractivity contribution in [2.45, 2.75) is 11.8 Å². The van der Waals surface area contributed by atoms with Crippen LogP contribution in [-0.4, -0.2) is 24.7 Å². The van der Waals surface area contributed by atoms with Gasteiger partial charge in [-0.2, -0.15) is 18.6 Å². The molecule has 0 fully saturated rings. The van der Waals surface area contributed by atoms with E-state index in [-0.39, 0.29) is 10.7 Å². The summed E-state index contributed by atoms with van der Waals surface area (Å²) in [4.78, 5) is 0.157. The van der Waals surface area contributed by atoms with Crippen LogP contribution in [0.3, 0.4) is 0 Å². The van der Waals surface area contributed by atoms with E-state index in [1.807, 2.05) is 43.3 Å². The van der Waals surface area contributed by atoms with E-state index in [1.54, 1.807) is 43.5 Å². The van der Waals surface area contributed by atoms with Gasteiger partial charge in [-0.1, -0.05) is 42.5 Å². The summed E-state index contributed by atoms with van der Waals surface area (Å²) in [6.07, 6.45) is 0. The van der Waals surface area contributed by atoms with Crippen molar-refractivity contribution in [2.75, 3.05) is 12.4 Å². The fraction of sp³-hybridized carbons (Fsp3) is 0.0870. The molecular weight excluding hydrogens is 426 g/mol. The molecule has 1 aliphatic heterocycles. The Morgan fingerprint density at radius 1 is 0.969 bits per heavy atom. The summed E-state index contributed by atoms with van der Waals surface area (Å²) in [6.45, 7) is 1.90. The van der Waals surface area contributed by atoms with Gasteiger partial charge in [0.05, 0.1) is 18.5 Å². The summed E-state index contributed by atoms with van der Waals surface area (Å²) in [5.74, 6) is 0.969. The van der Waals surface area contributed by atoms with Gasteiger partial charge in [-0.3, -0.25) is 0 Å². The van der Waals surface area contributed by atoms with Gasteiger partial charge in [-0.15, -0.1) is 9.20 Å². The number of ether oxygens (including phenoxy) is 1. The lowest BCUT2D eigenvalue weighted by Gasteiger charge is -2.19. The van der Waals surface area contributed by atoms with Crippen molar-refractivity contribution >= 4 is 32.9 Å². The van der Waals surface area contributed by atoms with Crippen molar-refractivity contribution in [1.82, 2.24) is 9.19 Å². The minimum Gasteiger partial charge on any atom is -0.497 e. The van der Waals surface area contributed by atoms with E-state index in [1.165, 1.54) is 0 Å². The lowest BCUT2D eigenvalue weighted by Crippen LogP contribution is -2.22. The predicted molar refractivity (Wildman–Crippen MR) is 122 cm³/mol. The maximum absolute atomic E-state index is 13.3. The average Bonchev–Trinajstić information content (AvgIpc) is 3.18. The highest BCUT2D eigenvalue weighted by molar-refractivity contribution is 7.90. The van der Waals surface area contributed by atoms with Gasteiger partial charge < -0.3 is 10.1 Å². The number of fused-ring (bicyclic) bond motifs is 2. The lowest BCUT2D eigenvalue weighted by atomic mass is 10.1. The number of nitrogens with one attached hydrogen (secondary N) is 1. The fourth-order valence-corrected chi connectivity index (χ4v) is 4.94. The summed E-state index contributed by atoms with van der Waals surface area (Å²) in [6, 6.07) is 21.5. The molecule has 4 aromatic rings. The van der Waals surface area contributed by atoms with E-state index >= 15 is 0 Å². The molecule has 0 unspecified atom stereocenters. The number of rotatable bonds is 4.